The van der Waals surface area contributed by atoms with E-state index >= 15 is 0 Å². The van der Waals surface area contributed by atoms with Crippen molar-refractivity contribution in [2.24, 2.45) is 0 Å². The monoisotopic (exact) mass is 369 g/mol. The number of hydrogen-bond donors (Lipinski definition) is 1. The van der Waals surface area contributed by atoms with E-state index in [-0.39, 0.29) is 37.4 Å². The Balaban J connectivity index is 1.45. The van der Waals surface area contributed by atoms with Crippen molar-refractivity contribution >= 4 is 6.03 Å². The van der Waals surface area contributed by atoms with Crippen molar-refractivity contribution in [1.29, 1.82) is 0 Å². The fourth-order valence-corrected chi connectivity index (χ4v) is 2.38. The van der Waals surface area contributed by atoms with Gasteiger partial charge in [0, 0.05) is 12.6 Å². The highest BCUT2D eigenvalue weighted by Crippen LogP contribution is 2.29. The van der Waals surface area contributed by atoms with Crippen LogP contribution in [0.15, 0.2) is 42.5 Å². The van der Waals surface area contributed by atoms with E-state index in [9.17, 15) is 22.4 Å². The number of halogens is 4. The molecule has 1 fully saturated rings. The Morgan fingerprint density at radius 3 is 2.54 bits per heavy atom. The fraction of sp³-hybridized carbons (Fsp3) is 0.294. The van der Waals surface area contributed by atoms with Gasteiger partial charge in [0.05, 0.1) is 13.1 Å². The number of amides is 2. The molecule has 2 amide bonds. The summed E-state index contributed by atoms with van der Waals surface area (Å²) >= 11 is 0. The van der Waals surface area contributed by atoms with Crippen molar-refractivity contribution in [3.63, 3.8) is 0 Å². The molecule has 0 radical (unpaired) electrons. The number of benzene rings is 1. The van der Waals surface area contributed by atoms with Crippen molar-refractivity contribution in [2.75, 3.05) is 13.1 Å². The second-order valence-corrected chi connectivity index (χ2v) is 5.79. The third-order valence-corrected chi connectivity index (χ3v) is 3.79. The number of carbonyl (C=O) groups is 1. The van der Waals surface area contributed by atoms with Crippen LogP contribution >= 0.6 is 0 Å². The van der Waals surface area contributed by atoms with Crippen LogP contribution in [0.25, 0.3) is 0 Å². The number of carbonyl (C=O) groups excluding carboxylic acids is 1. The highest BCUT2D eigenvalue weighted by atomic mass is 19.4. The molecule has 1 aromatic heterocycles. The minimum Gasteiger partial charge on any atom is -0.471 e. The van der Waals surface area contributed by atoms with E-state index in [4.69, 9.17) is 4.74 Å². The first-order valence-electron chi connectivity index (χ1n) is 7.79. The number of likely N-dealkylation sites (tertiary alicyclic amines) is 1. The topological polar surface area (TPSA) is 54.5 Å². The van der Waals surface area contributed by atoms with Gasteiger partial charge in [0.2, 0.25) is 5.88 Å². The number of urea groups is 1. The number of hydrogen-bond acceptors (Lipinski definition) is 3. The van der Waals surface area contributed by atoms with Crippen LogP contribution in [0.4, 0.5) is 22.4 Å². The van der Waals surface area contributed by atoms with E-state index in [0.717, 1.165) is 11.6 Å². The van der Waals surface area contributed by atoms with Crippen LogP contribution in [0.2, 0.25) is 0 Å². The molecular weight excluding hydrogens is 354 g/mol. The van der Waals surface area contributed by atoms with Crippen molar-refractivity contribution in [2.45, 2.75) is 18.8 Å². The molecule has 138 valence electrons. The number of alkyl halides is 3. The molecule has 1 N–H and O–H groups in total. The first-order chi connectivity index (χ1) is 12.3. The van der Waals surface area contributed by atoms with Gasteiger partial charge in [0.25, 0.3) is 0 Å². The second kappa shape index (κ2) is 7.19. The lowest BCUT2D eigenvalue weighted by molar-refractivity contribution is -0.141. The average Bonchev–Trinajstić information content (AvgIpc) is 2.56. The molecule has 1 aliphatic heterocycles. The number of ether oxygens (including phenoxy) is 1. The molecule has 2 heterocycles. The molecule has 0 spiro atoms. The minimum atomic E-state index is -4.54. The SMILES string of the molecule is O=C(NCc1ccc(F)cc1)N1CC(Oc2cccc(C(F)(F)F)n2)C1. The molecule has 1 aliphatic rings. The van der Waals surface area contributed by atoms with Gasteiger partial charge in [0.1, 0.15) is 17.6 Å². The largest absolute Gasteiger partial charge is 0.471 e. The Hall–Kier alpha value is -2.84. The Bertz CT molecular complexity index is 774. The summed E-state index contributed by atoms with van der Waals surface area (Å²) in [4.78, 5) is 16.9. The summed E-state index contributed by atoms with van der Waals surface area (Å²) in [6.45, 7) is 0.733. The Kier molecular flexibility index (Phi) is 4.97. The van der Waals surface area contributed by atoms with E-state index in [1.54, 1.807) is 12.1 Å². The molecular formula is C17H15F4N3O2. The predicted molar refractivity (Wildman–Crippen MR) is 83.9 cm³/mol. The minimum absolute atomic E-state index is 0.129. The maximum atomic E-state index is 12.8. The summed E-state index contributed by atoms with van der Waals surface area (Å²) < 4.78 is 56.0. The fourth-order valence-electron chi connectivity index (χ4n) is 2.38. The number of aromatic nitrogens is 1. The molecule has 0 atom stereocenters. The highest BCUT2D eigenvalue weighted by molar-refractivity contribution is 5.75. The van der Waals surface area contributed by atoms with Crippen LogP contribution in [0.1, 0.15) is 11.3 Å². The quantitative estimate of drug-likeness (QED) is 0.842. The molecule has 2 aromatic rings. The van der Waals surface area contributed by atoms with Gasteiger partial charge in [-0.15, -0.1) is 0 Å². The number of nitrogens with one attached hydrogen (secondary N) is 1. The second-order valence-electron chi connectivity index (χ2n) is 5.79. The molecule has 9 heteroatoms. The molecule has 1 saturated heterocycles. The highest BCUT2D eigenvalue weighted by Gasteiger charge is 2.35. The van der Waals surface area contributed by atoms with Crippen LogP contribution in [-0.2, 0) is 12.7 Å². The van der Waals surface area contributed by atoms with Gasteiger partial charge in [-0.1, -0.05) is 18.2 Å². The molecule has 0 unspecified atom stereocenters. The normalized spacial score (nSPS) is 14.7. The lowest BCUT2D eigenvalue weighted by atomic mass is 10.2. The maximum absolute atomic E-state index is 12.8. The summed E-state index contributed by atoms with van der Waals surface area (Å²) in [6.07, 6.45) is -4.95. The summed E-state index contributed by atoms with van der Waals surface area (Å²) in [5, 5.41) is 2.68. The average molecular weight is 369 g/mol. The summed E-state index contributed by atoms with van der Waals surface area (Å²) in [5.74, 6) is -0.484. The number of nitrogens with zero attached hydrogens (tertiary/aromatic N) is 2. The van der Waals surface area contributed by atoms with Crippen LogP contribution in [-0.4, -0.2) is 35.1 Å². The molecule has 0 saturated carbocycles. The molecule has 26 heavy (non-hydrogen) atoms. The smallest absolute Gasteiger partial charge is 0.433 e. The molecule has 1 aromatic carbocycles. The van der Waals surface area contributed by atoms with Gasteiger partial charge >= 0.3 is 12.2 Å². The van der Waals surface area contributed by atoms with Crippen LogP contribution in [0.5, 0.6) is 5.88 Å². The van der Waals surface area contributed by atoms with Gasteiger partial charge in [-0.3, -0.25) is 0 Å². The van der Waals surface area contributed by atoms with E-state index < -0.39 is 18.0 Å². The number of rotatable bonds is 4. The van der Waals surface area contributed by atoms with Crippen LogP contribution in [0.3, 0.4) is 0 Å². The third kappa shape index (κ3) is 4.41. The Labute approximate surface area is 146 Å². The standard InChI is InChI=1S/C17H15F4N3O2/c18-12-6-4-11(5-7-12)8-22-16(25)24-9-13(10-24)26-15-3-1-2-14(23-15)17(19,20)21/h1-7,13H,8-10H2,(H,22,25). The zero-order valence-corrected chi connectivity index (χ0v) is 13.5. The third-order valence-electron chi connectivity index (χ3n) is 3.79. The van der Waals surface area contributed by atoms with Gasteiger partial charge in [-0.25, -0.2) is 14.2 Å². The van der Waals surface area contributed by atoms with Gasteiger partial charge in [0.15, 0.2) is 0 Å². The van der Waals surface area contributed by atoms with Crippen LogP contribution < -0.4 is 10.1 Å². The van der Waals surface area contributed by atoms with E-state index in [0.29, 0.717) is 0 Å². The van der Waals surface area contributed by atoms with Crippen molar-refractivity contribution in [3.05, 3.63) is 59.5 Å². The van der Waals surface area contributed by atoms with Crippen molar-refractivity contribution in [1.82, 2.24) is 15.2 Å². The lowest BCUT2D eigenvalue weighted by Crippen LogP contribution is -2.58. The molecule has 3 rings (SSSR count). The van der Waals surface area contributed by atoms with Crippen molar-refractivity contribution < 1.29 is 27.1 Å². The molecule has 0 aliphatic carbocycles. The van der Waals surface area contributed by atoms with Gasteiger partial charge < -0.3 is 15.0 Å². The lowest BCUT2D eigenvalue weighted by Gasteiger charge is -2.38. The number of pyridine rings is 1. The molecule has 5 nitrogen and oxygen atoms in total. The first-order valence-corrected chi connectivity index (χ1v) is 7.79. The predicted octanol–water partition coefficient (Wildman–Crippen LogP) is 3.21. The van der Waals surface area contributed by atoms with E-state index in [1.807, 2.05) is 0 Å². The van der Waals surface area contributed by atoms with E-state index in [1.165, 1.54) is 29.2 Å². The Morgan fingerprint density at radius 1 is 1.19 bits per heavy atom. The maximum Gasteiger partial charge on any atom is 0.433 e. The summed E-state index contributed by atoms with van der Waals surface area (Å²) in [6, 6.07) is 8.83. The summed E-state index contributed by atoms with van der Waals surface area (Å²) in [7, 11) is 0. The zero-order valence-electron chi connectivity index (χ0n) is 13.5. The van der Waals surface area contributed by atoms with Crippen LogP contribution in [0, 0.1) is 5.82 Å². The van der Waals surface area contributed by atoms with E-state index in [2.05, 4.69) is 10.3 Å². The Morgan fingerprint density at radius 2 is 1.88 bits per heavy atom. The first kappa shape index (κ1) is 18.0. The van der Waals surface area contributed by atoms with Gasteiger partial charge in [-0.2, -0.15) is 13.2 Å². The van der Waals surface area contributed by atoms with Crippen molar-refractivity contribution in [3.8, 4) is 5.88 Å². The van der Waals surface area contributed by atoms with Gasteiger partial charge in [-0.05, 0) is 23.8 Å². The zero-order chi connectivity index (χ0) is 18.7. The summed E-state index contributed by atoms with van der Waals surface area (Å²) in [5.41, 5.74) is -0.274. The molecule has 0 bridgehead atoms.